The monoisotopic (exact) mass is 198 g/mol. The number of hydrogen-bond donors (Lipinski definition) is 2. The van der Waals surface area contributed by atoms with Gasteiger partial charge in [0.1, 0.15) is 0 Å². The van der Waals surface area contributed by atoms with Crippen molar-refractivity contribution >= 4 is 5.91 Å². The van der Waals surface area contributed by atoms with Gasteiger partial charge in [0.25, 0.3) is 0 Å². The van der Waals surface area contributed by atoms with Gasteiger partial charge in [0.05, 0.1) is 0 Å². The number of carbonyl (C=O) groups excluding carboxylic acids is 1. The van der Waals surface area contributed by atoms with Crippen LogP contribution in [0.5, 0.6) is 0 Å². The summed E-state index contributed by atoms with van der Waals surface area (Å²) in [6.07, 6.45) is 4.48. The Bertz CT molecular complexity index is 184. The summed E-state index contributed by atoms with van der Waals surface area (Å²) in [5, 5.41) is 6.14. The van der Waals surface area contributed by atoms with Crippen LogP contribution in [-0.4, -0.2) is 25.0 Å². The van der Waals surface area contributed by atoms with E-state index in [1.54, 1.807) is 7.05 Å². The molecule has 0 aromatic rings. The Balaban J connectivity index is 2.30. The Morgan fingerprint density at radius 1 is 1.43 bits per heavy atom. The van der Waals surface area contributed by atoms with E-state index in [0.717, 1.165) is 12.3 Å². The molecule has 1 atom stereocenters. The molecule has 1 fully saturated rings. The lowest BCUT2D eigenvalue weighted by Crippen LogP contribution is -2.38. The van der Waals surface area contributed by atoms with Gasteiger partial charge in [0, 0.05) is 25.6 Å². The summed E-state index contributed by atoms with van der Waals surface area (Å²) >= 11 is 0. The largest absolute Gasteiger partial charge is 0.359 e. The Morgan fingerprint density at radius 3 is 2.50 bits per heavy atom. The third-order valence-corrected chi connectivity index (χ3v) is 2.59. The molecule has 0 aliphatic heterocycles. The summed E-state index contributed by atoms with van der Waals surface area (Å²) in [6.45, 7) is 4.26. The molecule has 3 heteroatoms. The average Bonchev–Trinajstić information content (AvgIpc) is 2.86. The van der Waals surface area contributed by atoms with Crippen LogP contribution in [0.25, 0.3) is 0 Å². The minimum atomic E-state index is 0.142. The Morgan fingerprint density at radius 2 is 2.07 bits per heavy atom. The summed E-state index contributed by atoms with van der Waals surface area (Å²) in [7, 11) is 1.70. The molecule has 0 aromatic heterocycles. The highest BCUT2D eigenvalue weighted by Gasteiger charge is 2.26. The SMILES string of the molecule is CNC(=O)CC(CC1CC1)NC(C)C. The zero-order chi connectivity index (χ0) is 10.6. The van der Waals surface area contributed by atoms with Gasteiger partial charge >= 0.3 is 0 Å². The van der Waals surface area contributed by atoms with Crippen molar-refractivity contribution in [1.29, 1.82) is 0 Å². The first-order chi connectivity index (χ1) is 6.61. The molecule has 0 saturated heterocycles. The maximum absolute atomic E-state index is 11.3. The van der Waals surface area contributed by atoms with Crippen LogP contribution in [-0.2, 0) is 4.79 Å². The highest BCUT2D eigenvalue weighted by molar-refractivity contribution is 5.76. The first kappa shape index (κ1) is 11.5. The number of nitrogens with one attached hydrogen (secondary N) is 2. The fourth-order valence-electron chi connectivity index (χ4n) is 1.76. The molecule has 1 saturated carbocycles. The van der Waals surface area contributed by atoms with Crippen molar-refractivity contribution in [3.8, 4) is 0 Å². The second-order valence-corrected chi connectivity index (χ2v) is 4.57. The molecule has 82 valence electrons. The zero-order valence-electron chi connectivity index (χ0n) is 9.47. The molecule has 0 radical (unpaired) electrons. The molecule has 1 unspecified atom stereocenters. The highest BCUT2D eigenvalue weighted by Crippen LogP contribution is 2.34. The molecule has 1 aliphatic carbocycles. The highest BCUT2D eigenvalue weighted by atomic mass is 16.1. The first-order valence-corrected chi connectivity index (χ1v) is 5.58. The van der Waals surface area contributed by atoms with Gasteiger partial charge in [-0.2, -0.15) is 0 Å². The van der Waals surface area contributed by atoms with Gasteiger partial charge in [0.15, 0.2) is 0 Å². The molecule has 2 N–H and O–H groups in total. The third kappa shape index (κ3) is 4.61. The van der Waals surface area contributed by atoms with Crippen molar-refractivity contribution in [3.63, 3.8) is 0 Å². The van der Waals surface area contributed by atoms with E-state index in [9.17, 15) is 4.79 Å². The van der Waals surface area contributed by atoms with Crippen LogP contribution in [0.15, 0.2) is 0 Å². The molecule has 0 aromatic carbocycles. The summed E-state index contributed by atoms with van der Waals surface area (Å²) in [6, 6.07) is 0.825. The maximum Gasteiger partial charge on any atom is 0.221 e. The lowest BCUT2D eigenvalue weighted by atomic mass is 10.1. The van der Waals surface area contributed by atoms with Crippen molar-refractivity contribution in [3.05, 3.63) is 0 Å². The first-order valence-electron chi connectivity index (χ1n) is 5.58. The van der Waals surface area contributed by atoms with Gasteiger partial charge in [0.2, 0.25) is 5.91 Å². The summed E-state index contributed by atoms with van der Waals surface area (Å²) < 4.78 is 0. The van der Waals surface area contributed by atoms with Crippen LogP contribution in [0, 0.1) is 5.92 Å². The average molecular weight is 198 g/mol. The van der Waals surface area contributed by atoms with Crippen molar-refractivity contribution < 1.29 is 4.79 Å². The van der Waals surface area contributed by atoms with E-state index in [1.165, 1.54) is 12.8 Å². The van der Waals surface area contributed by atoms with Gasteiger partial charge in [-0.1, -0.05) is 26.7 Å². The summed E-state index contributed by atoms with van der Waals surface area (Å²) in [4.78, 5) is 11.3. The summed E-state index contributed by atoms with van der Waals surface area (Å²) in [5.41, 5.74) is 0. The maximum atomic E-state index is 11.3. The zero-order valence-corrected chi connectivity index (χ0v) is 9.47. The van der Waals surface area contributed by atoms with Crippen molar-refractivity contribution in [1.82, 2.24) is 10.6 Å². The van der Waals surface area contributed by atoms with Crippen LogP contribution in [0.4, 0.5) is 0 Å². The standard InChI is InChI=1S/C11H22N2O/c1-8(2)13-10(6-9-4-5-9)7-11(14)12-3/h8-10,13H,4-7H2,1-3H3,(H,12,14). The van der Waals surface area contributed by atoms with Gasteiger partial charge in [-0.15, -0.1) is 0 Å². The van der Waals surface area contributed by atoms with Crippen molar-refractivity contribution in [2.75, 3.05) is 7.05 Å². The third-order valence-electron chi connectivity index (χ3n) is 2.59. The van der Waals surface area contributed by atoms with Crippen LogP contribution in [0.1, 0.15) is 39.5 Å². The van der Waals surface area contributed by atoms with E-state index >= 15 is 0 Å². The molecule has 3 nitrogen and oxygen atoms in total. The Kier molecular flexibility index (Phi) is 4.39. The minimum Gasteiger partial charge on any atom is -0.359 e. The number of amides is 1. The molecule has 1 aliphatic rings. The second-order valence-electron chi connectivity index (χ2n) is 4.57. The van der Waals surface area contributed by atoms with Crippen LogP contribution in [0.3, 0.4) is 0 Å². The smallest absolute Gasteiger partial charge is 0.221 e. The normalized spacial score (nSPS) is 18.3. The molecule has 14 heavy (non-hydrogen) atoms. The lowest BCUT2D eigenvalue weighted by molar-refractivity contribution is -0.121. The lowest BCUT2D eigenvalue weighted by Gasteiger charge is -2.20. The summed E-state index contributed by atoms with van der Waals surface area (Å²) in [5.74, 6) is 1.01. The topological polar surface area (TPSA) is 41.1 Å². The minimum absolute atomic E-state index is 0.142. The molecular formula is C11H22N2O. The predicted octanol–water partition coefficient (Wildman–Crippen LogP) is 1.29. The second kappa shape index (κ2) is 5.35. The fourth-order valence-corrected chi connectivity index (χ4v) is 1.76. The molecule has 0 bridgehead atoms. The Labute approximate surface area is 86.6 Å². The number of hydrogen-bond acceptors (Lipinski definition) is 2. The van der Waals surface area contributed by atoms with E-state index in [2.05, 4.69) is 24.5 Å². The van der Waals surface area contributed by atoms with E-state index in [0.29, 0.717) is 18.5 Å². The predicted molar refractivity (Wildman–Crippen MR) is 58.1 cm³/mol. The molecule has 1 amide bonds. The van der Waals surface area contributed by atoms with Gasteiger partial charge < -0.3 is 10.6 Å². The Hall–Kier alpha value is -0.570. The van der Waals surface area contributed by atoms with E-state index in [-0.39, 0.29) is 5.91 Å². The quantitative estimate of drug-likeness (QED) is 0.675. The van der Waals surface area contributed by atoms with E-state index in [4.69, 9.17) is 0 Å². The van der Waals surface area contributed by atoms with Crippen LogP contribution >= 0.6 is 0 Å². The molecular weight excluding hydrogens is 176 g/mol. The van der Waals surface area contributed by atoms with Crippen molar-refractivity contribution in [2.24, 2.45) is 5.92 Å². The van der Waals surface area contributed by atoms with Gasteiger partial charge in [-0.3, -0.25) is 4.79 Å². The molecule has 1 rings (SSSR count). The molecule has 0 spiro atoms. The van der Waals surface area contributed by atoms with E-state index in [1.807, 2.05) is 0 Å². The van der Waals surface area contributed by atoms with Crippen molar-refractivity contribution in [2.45, 2.75) is 51.6 Å². The fraction of sp³-hybridized carbons (Fsp3) is 0.909. The number of rotatable bonds is 6. The van der Waals surface area contributed by atoms with E-state index < -0.39 is 0 Å². The van der Waals surface area contributed by atoms with Gasteiger partial charge in [-0.05, 0) is 12.3 Å². The molecule has 0 heterocycles. The van der Waals surface area contributed by atoms with Crippen LogP contribution < -0.4 is 10.6 Å². The van der Waals surface area contributed by atoms with Gasteiger partial charge in [-0.25, -0.2) is 0 Å². The number of carbonyl (C=O) groups is 1. The van der Waals surface area contributed by atoms with Crippen LogP contribution in [0.2, 0.25) is 0 Å².